The summed E-state index contributed by atoms with van der Waals surface area (Å²) in [5, 5.41) is 12.1. The number of benzene rings is 2. The lowest BCUT2D eigenvalue weighted by Crippen LogP contribution is -2.43. The first kappa shape index (κ1) is 22.7. The molecule has 11 heteroatoms. The van der Waals surface area contributed by atoms with Crippen LogP contribution in [0.4, 0.5) is 20.2 Å². The lowest BCUT2D eigenvalue weighted by molar-refractivity contribution is 0.102. The number of hydrogen-bond acceptors (Lipinski definition) is 6. The fraction of sp³-hybridized carbons (Fsp3) is 0.250. The van der Waals surface area contributed by atoms with E-state index in [0.29, 0.717) is 16.9 Å². The van der Waals surface area contributed by atoms with Crippen LogP contribution in [-0.4, -0.2) is 44.6 Å². The number of nitrogens with zero attached hydrogens (tertiary/aromatic N) is 5. The molecule has 1 fully saturated rings. The van der Waals surface area contributed by atoms with Crippen molar-refractivity contribution in [1.82, 2.24) is 19.6 Å². The van der Waals surface area contributed by atoms with Gasteiger partial charge in [-0.3, -0.25) is 14.3 Å². The van der Waals surface area contributed by atoms with Gasteiger partial charge in [0.05, 0.1) is 16.9 Å². The lowest BCUT2D eigenvalue weighted by Gasteiger charge is -2.34. The first-order valence-electron chi connectivity index (χ1n) is 11.1. The maximum atomic E-state index is 14.3. The Bertz CT molecular complexity index is 1480. The van der Waals surface area contributed by atoms with E-state index >= 15 is 0 Å². The van der Waals surface area contributed by atoms with Crippen LogP contribution < -0.4 is 21.5 Å². The molecular formula is C24H23F2N7O2. The number of anilines is 2. The second-order valence-electron chi connectivity index (χ2n) is 8.54. The molecule has 9 nitrogen and oxygen atoms in total. The van der Waals surface area contributed by atoms with Gasteiger partial charge >= 0.3 is 0 Å². The largest absolute Gasteiger partial charge is 0.368 e. The number of carbonyl (C=O) groups is 1. The van der Waals surface area contributed by atoms with E-state index in [4.69, 9.17) is 5.73 Å². The molecule has 0 saturated carbocycles. The minimum Gasteiger partial charge on any atom is -0.368 e. The van der Waals surface area contributed by atoms with E-state index in [1.54, 1.807) is 16.8 Å². The Morgan fingerprint density at radius 2 is 1.86 bits per heavy atom. The number of nitrogens with one attached hydrogen (secondary N) is 1. The van der Waals surface area contributed by atoms with Crippen molar-refractivity contribution in [2.24, 2.45) is 12.8 Å². The molecule has 35 heavy (non-hydrogen) atoms. The second-order valence-corrected chi connectivity index (χ2v) is 8.54. The average molecular weight is 479 g/mol. The van der Waals surface area contributed by atoms with Crippen molar-refractivity contribution in [1.29, 1.82) is 0 Å². The Hall–Kier alpha value is -4.12. The van der Waals surface area contributed by atoms with E-state index in [9.17, 15) is 18.4 Å². The third-order valence-corrected chi connectivity index (χ3v) is 5.98. The maximum absolute atomic E-state index is 14.3. The topological polar surface area (TPSA) is 111 Å². The van der Waals surface area contributed by atoms with Gasteiger partial charge in [0.1, 0.15) is 11.4 Å². The number of halogens is 2. The van der Waals surface area contributed by atoms with E-state index in [2.05, 4.69) is 20.4 Å². The molecule has 1 aliphatic rings. The SMILES string of the molecule is Cn1cc2c(N3CCC[C@@H](N)C3)c(NC(=O)c3ccc(=O)n(-c4c(F)cccc4F)n3)ccc2n1. The molecule has 180 valence electrons. The summed E-state index contributed by atoms with van der Waals surface area (Å²) in [6.45, 7) is 1.38. The van der Waals surface area contributed by atoms with Crippen molar-refractivity contribution in [2.75, 3.05) is 23.3 Å². The smallest absolute Gasteiger partial charge is 0.276 e. The Balaban J connectivity index is 1.54. The Labute approximate surface area is 198 Å². The van der Waals surface area contributed by atoms with E-state index in [-0.39, 0.29) is 11.7 Å². The van der Waals surface area contributed by atoms with Crippen molar-refractivity contribution >= 4 is 28.2 Å². The molecule has 3 N–H and O–H groups in total. The monoisotopic (exact) mass is 479 g/mol. The summed E-state index contributed by atoms with van der Waals surface area (Å²) in [5.74, 6) is -2.58. The van der Waals surface area contributed by atoms with Gasteiger partial charge in [0.25, 0.3) is 11.5 Å². The highest BCUT2D eigenvalue weighted by Gasteiger charge is 2.24. The van der Waals surface area contributed by atoms with Crippen LogP contribution in [0.15, 0.2) is 53.5 Å². The molecular weight excluding hydrogens is 456 g/mol. The second kappa shape index (κ2) is 8.91. The van der Waals surface area contributed by atoms with Crippen LogP contribution in [0.25, 0.3) is 16.6 Å². The van der Waals surface area contributed by atoms with Gasteiger partial charge in [-0.15, -0.1) is 0 Å². The van der Waals surface area contributed by atoms with Crippen LogP contribution in [-0.2, 0) is 7.05 Å². The third-order valence-electron chi connectivity index (χ3n) is 5.98. The Kier molecular flexibility index (Phi) is 5.77. The summed E-state index contributed by atoms with van der Waals surface area (Å²) >= 11 is 0. The minimum atomic E-state index is -0.970. The van der Waals surface area contributed by atoms with Gasteiger partial charge in [0.2, 0.25) is 0 Å². The highest BCUT2D eigenvalue weighted by molar-refractivity contribution is 6.08. The number of piperidine rings is 1. The standard InChI is InChI=1S/C24H23F2N7O2/c1-31-13-15-18(29-31)7-8-19(22(15)32-11-3-4-14(27)12-32)28-24(35)20-9-10-21(34)33(30-20)23-16(25)5-2-6-17(23)26/h2,5-10,13-14H,3-4,11-12,27H2,1H3,(H,28,35)/t14-/m1/s1. The third kappa shape index (κ3) is 4.26. The summed E-state index contributed by atoms with van der Waals surface area (Å²) in [7, 11) is 1.82. The fourth-order valence-corrected chi connectivity index (χ4v) is 4.42. The Morgan fingerprint density at radius 3 is 2.60 bits per heavy atom. The summed E-state index contributed by atoms with van der Waals surface area (Å²) in [6.07, 6.45) is 3.70. The van der Waals surface area contributed by atoms with Gasteiger partial charge in [-0.05, 0) is 43.2 Å². The fourth-order valence-electron chi connectivity index (χ4n) is 4.42. The van der Waals surface area contributed by atoms with Gasteiger partial charge < -0.3 is 16.0 Å². The normalized spacial score (nSPS) is 16.0. The Morgan fingerprint density at radius 1 is 1.09 bits per heavy atom. The number of aromatic nitrogens is 4. The van der Waals surface area contributed by atoms with E-state index < -0.39 is 28.8 Å². The van der Waals surface area contributed by atoms with Gasteiger partial charge in [-0.2, -0.15) is 14.9 Å². The van der Waals surface area contributed by atoms with E-state index in [1.165, 1.54) is 12.1 Å². The molecule has 1 amide bonds. The number of nitrogens with two attached hydrogens (primary N) is 1. The van der Waals surface area contributed by atoms with E-state index in [0.717, 1.165) is 54.2 Å². The van der Waals surface area contributed by atoms with Crippen LogP contribution in [0.2, 0.25) is 0 Å². The van der Waals surface area contributed by atoms with Gasteiger partial charge in [0, 0.05) is 43.8 Å². The quantitative estimate of drug-likeness (QED) is 0.466. The lowest BCUT2D eigenvalue weighted by atomic mass is 10.0. The predicted molar refractivity (Wildman–Crippen MR) is 128 cm³/mol. The van der Waals surface area contributed by atoms with Crippen LogP contribution in [0.5, 0.6) is 0 Å². The number of fused-ring (bicyclic) bond motifs is 1. The van der Waals surface area contributed by atoms with Crippen molar-refractivity contribution in [3.63, 3.8) is 0 Å². The predicted octanol–water partition coefficient (Wildman–Crippen LogP) is 2.58. The van der Waals surface area contributed by atoms with Crippen molar-refractivity contribution in [3.05, 3.63) is 76.3 Å². The molecule has 3 heterocycles. The number of amides is 1. The van der Waals surface area contributed by atoms with Crippen molar-refractivity contribution in [3.8, 4) is 5.69 Å². The van der Waals surface area contributed by atoms with Crippen LogP contribution in [0.3, 0.4) is 0 Å². The molecule has 4 aromatic rings. The molecule has 0 spiro atoms. The molecule has 1 aliphatic heterocycles. The zero-order valence-electron chi connectivity index (χ0n) is 18.9. The highest BCUT2D eigenvalue weighted by atomic mass is 19.1. The molecule has 0 aliphatic carbocycles. The number of hydrogen-bond donors (Lipinski definition) is 2. The summed E-state index contributed by atoms with van der Waals surface area (Å²) in [5.41, 5.74) is 6.68. The van der Waals surface area contributed by atoms with Gasteiger partial charge in [0.15, 0.2) is 11.6 Å². The van der Waals surface area contributed by atoms with E-state index in [1.807, 2.05) is 13.2 Å². The minimum absolute atomic E-state index is 0.000109. The zero-order valence-corrected chi connectivity index (χ0v) is 18.9. The molecule has 2 aromatic heterocycles. The molecule has 0 bridgehead atoms. The maximum Gasteiger partial charge on any atom is 0.276 e. The van der Waals surface area contributed by atoms with Gasteiger partial charge in [-0.1, -0.05) is 6.07 Å². The van der Waals surface area contributed by atoms with Crippen LogP contribution >= 0.6 is 0 Å². The number of carbonyl (C=O) groups excluding carboxylic acids is 1. The molecule has 2 aromatic carbocycles. The average Bonchev–Trinajstić information content (AvgIpc) is 3.20. The molecule has 5 rings (SSSR count). The first-order valence-corrected chi connectivity index (χ1v) is 11.1. The highest BCUT2D eigenvalue weighted by Crippen LogP contribution is 2.36. The van der Waals surface area contributed by atoms with Crippen LogP contribution in [0.1, 0.15) is 23.3 Å². The van der Waals surface area contributed by atoms with Gasteiger partial charge in [-0.25, -0.2) is 8.78 Å². The summed E-state index contributed by atoms with van der Waals surface area (Å²) in [4.78, 5) is 27.6. The summed E-state index contributed by atoms with van der Waals surface area (Å²) < 4.78 is 30.8. The zero-order chi connectivity index (χ0) is 24.7. The summed E-state index contributed by atoms with van der Waals surface area (Å²) in [6, 6.07) is 9.00. The molecule has 0 radical (unpaired) electrons. The molecule has 1 atom stereocenters. The van der Waals surface area contributed by atoms with Crippen molar-refractivity contribution < 1.29 is 13.6 Å². The number of aryl methyl sites for hydroxylation is 1. The number of rotatable bonds is 4. The van der Waals surface area contributed by atoms with Crippen molar-refractivity contribution in [2.45, 2.75) is 18.9 Å². The molecule has 0 unspecified atom stereocenters. The number of para-hydroxylation sites is 1. The first-order chi connectivity index (χ1) is 16.8. The van der Waals surface area contributed by atoms with Crippen LogP contribution in [0, 0.1) is 11.6 Å². The molecule has 1 saturated heterocycles.